The summed E-state index contributed by atoms with van der Waals surface area (Å²) in [4.78, 5) is 14.1. The van der Waals surface area contributed by atoms with Crippen molar-refractivity contribution < 1.29 is 4.79 Å². The van der Waals surface area contributed by atoms with Crippen molar-refractivity contribution in [3.63, 3.8) is 0 Å². The van der Waals surface area contributed by atoms with Gasteiger partial charge in [-0.2, -0.15) is 0 Å². The number of halogens is 1. The molecule has 0 unspecified atom stereocenters. The highest BCUT2D eigenvalue weighted by Gasteiger charge is 2.15. The summed E-state index contributed by atoms with van der Waals surface area (Å²) in [7, 11) is 1.76. The molecule has 2 aromatic rings. The predicted molar refractivity (Wildman–Crippen MR) is 82.5 cm³/mol. The average Bonchev–Trinajstić information content (AvgIpc) is 2.41. The molecule has 0 heterocycles. The molecular weight excluding hydrogens is 304 g/mol. The van der Waals surface area contributed by atoms with Crippen LogP contribution in [0, 0.1) is 6.92 Å². The quantitative estimate of drug-likeness (QED) is 0.860. The monoisotopic (exact) mass is 318 g/mol. The first-order valence-corrected chi connectivity index (χ1v) is 6.68. The third-order valence-corrected chi connectivity index (χ3v) is 3.51. The molecule has 0 aliphatic heterocycles. The average molecular weight is 319 g/mol. The summed E-state index contributed by atoms with van der Waals surface area (Å²) >= 11 is 3.39. The van der Waals surface area contributed by atoms with Crippen molar-refractivity contribution in [1.82, 2.24) is 0 Å². The van der Waals surface area contributed by atoms with E-state index in [1.54, 1.807) is 24.1 Å². The molecule has 0 bridgehead atoms. The van der Waals surface area contributed by atoms with Gasteiger partial charge in [-0.05, 0) is 48.9 Å². The molecule has 2 rings (SSSR count). The minimum absolute atomic E-state index is 0.0384. The Labute approximate surface area is 121 Å². The lowest BCUT2D eigenvalue weighted by Crippen LogP contribution is -2.26. The van der Waals surface area contributed by atoms with Gasteiger partial charge in [-0.25, -0.2) is 0 Å². The van der Waals surface area contributed by atoms with E-state index in [1.165, 1.54) is 0 Å². The number of aryl methyl sites for hydroxylation is 1. The Bertz CT molecular complexity index is 608. The number of rotatable bonds is 2. The fraction of sp³-hybridized carbons (Fsp3) is 0.133. The third kappa shape index (κ3) is 2.96. The molecule has 0 fully saturated rings. The molecule has 2 N–H and O–H groups in total. The van der Waals surface area contributed by atoms with Crippen LogP contribution in [0.15, 0.2) is 46.9 Å². The van der Waals surface area contributed by atoms with Crippen LogP contribution < -0.4 is 10.6 Å². The number of carbonyl (C=O) groups is 1. The lowest BCUT2D eigenvalue weighted by atomic mass is 10.1. The maximum atomic E-state index is 12.5. The highest BCUT2D eigenvalue weighted by Crippen LogP contribution is 2.21. The van der Waals surface area contributed by atoms with Gasteiger partial charge in [0.05, 0.1) is 0 Å². The Hall–Kier alpha value is -1.81. The molecule has 0 saturated carbocycles. The van der Waals surface area contributed by atoms with E-state index in [4.69, 9.17) is 5.73 Å². The Kier molecular flexibility index (Phi) is 3.90. The van der Waals surface area contributed by atoms with Gasteiger partial charge in [0.2, 0.25) is 0 Å². The molecule has 0 aromatic heterocycles. The van der Waals surface area contributed by atoms with Crippen LogP contribution in [-0.4, -0.2) is 13.0 Å². The fourth-order valence-electron chi connectivity index (χ4n) is 1.82. The van der Waals surface area contributed by atoms with Crippen molar-refractivity contribution in [1.29, 1.82) is 0 Å². The van der Waals surface area contributed by atoms with E-state index >= 15 is 0 Å². The van der Waals surface area contributed by atoms with Crippen LogP contribution in [0.2, 0.25) is 0 Å². The van der Waals surface area contributed by atoms with Crippen LogP contribution in [-0.2, 0) is 0 Å². The van der Waals surface area contributed by atoms with Gasteiger partial charge in [-0.1, -0.05) is 22.0 Å². The van der Waals surface area contributed by atoms with Crippen molar-refractivity contribution >= 4 is 33.2 Å². The lowest BCUT2D eigenvalue weighted by molar-refractivity contribution is 0.0992. The number of nitrogen functional groups attached to an aromatic ring is 1. The number of hydrogen-bond acceptors (Lipinski definition) is 2. The summed E-state index contributed by atoms with van der Waals surface area (Å²) < 4.78 is 0.896. The smallest absolute Gasteiger partial charge is 0.258 e. The van der Waals surface area contributed by atoms with Gasteiger partial charge >= 0.3 is 0 Å². The number of carbonyl (C=O) groups excluding carboxylic acids is 1. The minimum Gasteiger partial charge on any atom is -0.399 e. The molecule has 2 aromatic carbocycles. The van der Waals surface area contributed by atoms with E-state index < -0.39 is 0 Å². The topological polar surface area (TPSA) is 46.3 Å². The molecule has 0 spiro atoms. The summed E-state index contributed by atoms with van der Waals surface area (Å²) in [6, 6.07) is 12.9. The maximum absolute atomic E-state index is 12.5. The molecule has 3 nitrogen and oxygen atoms in total. The Balaban J connectivity index is 2.33. The van der Waals surface area contributed by atoms with E-state index in [-0.39, 0.29) is 5.91 Å². The summed E-state index contributed by atoms with van der Waals surface area (Å²) in [5, 5.41) is 0. The van der Waals surface area contributed by atoms with Gasteiger partial charge in [0.1, 0.15) is 0 Å². The first-order valence-electron chi connectivity index (χ1n) is 5.89. The van der Waals surface area contributed by atoms with Crippen molar-refractivity contribution in [2.75, 3.05) is 17.7 Å². The molecule has 4 heteroatoms. The van der Waals surface area contributed by atoms with Crippen LogP contribution in [0.25, 0.3) is 0 Å². The minimum atomic E-state index is -0.0384. The zero-order chi connectivity index (χ0) is 14.0. The number of nitrogens with zero attached hydrogens (tertiary/aromatic N) is 1. The summed E-state index contributed by atoms with van der Waals surface area (Å²) in [5.74, 6) is -0.0384. The molecule has 0 radical (unpaired) electrons. The van der Waals surface area contributed by atoms with Gasteiger partial charge in [-0.15, -0.1) is 0 Å². The molecule has 0 atom stereocenters. The molecule has 19 heavy (non-hydrogen) atoms. The van der Waals surface area contributed by atoms with Gasteiger partial charge in [0.25, 0.3) is 5.91 Å². The molecule has 0 aliphatic rings. The van der Waals surface area contributed by atoms with Gasteiger partial charge in [0.15, 0.2) is 0 Å². The molecule has 0 aliphatic carbocycles. The first kappa shape index (κ1) is 13.6. The number of benzene rings is 2. The highest BCUT2D eigenvalue weighted by atomic mass is 79.9. The summed E-state index contributed by atoms with van der Waals surface area (Å²) in [6.45, 7) is 1.93. The molecule has 1 amide bonds. The SMILES string of the molecule is Cc1ccc(Br)cc1C(=O)N(C)c1ccc(N)cc1. The van der Waals surface area contributed by atoms with Crippen LogP contribution >= 0.6 is 15.9 Å². The van der Waals surface area contributed by atoms with Crippen molar-refractivity contribution in [3.05, 3.63) is 58.1 Å². The predicted octanol–water partition coefficient (Wildman–Crippen LogP) is 3.62. The zero-order valence-corrected chi connectivity index (χ0v) is 12.4. The van der Waals surface area contributed by atoms with E-state index in [0.29, 0.717) is 11.3 Å². The molecule has 0 saturated heterocycles. The van der Waals surface area contributed by atoms with Gasteiger partial charge in [-0.3, -0.25) is 4.79 Å². The highest BCUT2D eigenvalue weighted by molar-refractivity contribution is 9.10. The van der Waals surface area contributed by atoms with Crippen LogP contribution in [0.1, 0.15) is 15.9 Å². The summed E-state index contributed by atoms with van der Waals surface area (Å²) in [5.41, 5.74) is 8.79. The third-order valence-electron chi connectivity index (χ3n) is 3.02. The van der Waals surface area contributed by atoms with Gasteiger partial charge in [0, 0.05) is 28.5 Å². The largest absolute Gasteiger partial charge is 0.399 e. The lowest BCUT2D eigenvalue weighted by Gasteiger charge is -2.19. The zero-order valence-electron chi connectivity index (χ0n) is 10.9. The normalized spacial score (nSPS) is 10.3. The first-order chi connectivity index (χ1) is 8.99. The van der Waals surface area contributed by atoms with Crippen LogP contribution in [0.3, 0.4) is 0 Å². The van der Waals surface area contributed by atoms with Crippen molar-refractivity contribution in [2.45, 2.75) is 6.92 Å². The Morgan fingerprint density at radius 1 is 1.16 bits per heavy atom. The second-order valence-electron chi connectivity index (χ2n) is 4.41. The number of anilines is 2. The fourth-order valence-corrected chi connectivity index (χ4v) is 2.18. The van der Waals surface area contributed by atoms with Crippen molar-refractivity contribution in [3.8, 4) is 0 Å². The number of nitrogens with two attached hydrogens (primary N) is 1. The standard InChI is InChI=1S/C15H15BrN2O/c1-10-3-4-11(16)9-14(10)15(19)18(2)13-7-5-12(17)6-8-13/h3-9H,17H2,1-2H3. The van der Waals surface area contributed by atoms with E-state index in [1.807, 2.05) is 37.3 Å². The second-order valence-corrected chi connectivity index (χ2v) is 5.33. The van der Waals surface area contributed by atoms with E-state index in [0.717, 1.165) is 15.7 Å². The maximum Gasteiger partial charge on any atom is 0.258 e. The van der Waals surface area contributed by atoms with Crippen LogP contribution in [0.5, 0.6) is 0 Å². The summed E-state index contributed by atoms with van der Waals surface area (Å²) in [6.07, 6.45) is 0. The Morgan fingerprint density at radius 2 is 1.79 bits per heavy atom. The number of hydrogen-bond donors (Lipinski definition) is 1. The van der Waals surface area contributed by atoms with Crippen LogP contribution in [0.4, 0.5) is 11.4 Å². The van der Waals surface area contributed by atoms with Crippen molar-refractivity contribution in [2.24, 2.45) is 0 Å². The van der Waals surface area contributed by atoms with E-state index in [2.05, 4.69) is 15.9 Å². The van der Waals surface area contributed by atoms with E-state index in [9.17, 15) is 4.79 Å². The Morgan fingerprint density at radius 3 is 2.42 bits per heavy atom. The molecular formula is C15H15BrN2O. The second kappa shape index (κ2) is 5.45. The number of amides is 1. The van der Waals surface area contributed by atoms with Gasteiger partial charge < -0.3 is 10.6 Å². The molecule has 98 valence electrons.